The van der Waals surface area contributed by atoms with E-state index < -0.39 is 0 Å². The Labute approximate surface area is 188 Å². The van der Waals surface area contributed by atoms with Gasteiger partial charge in [-0.1, -0.05) is 11.6 Å². The fourth-order valence-electron chi connectivity index (χ4n) is 4.21. The van der Waals surface area contributed by atoms with Crippen LogP contribution in [0, 0.1) is 0 Å². The van der Waals surface area contributed by atoms with Gasteiger partial charge in [-0.3, -0.25) is 9.59 Å². The van der Waals surface area contributed by atoms with Crippen LogP contribution in [0.5, 0.6) is 0 Å². The molecule has 0 N–H and O–H groups in total. The van der Waals surface area contributed by atoms with Crippen molar-refractivity contribution in [3.05, 3.63) is 66.1 Å². The molecule has 4 nitrogen and oxygen atoms in total. The van der Waals surface area contributed by atoms with Gasteiger partial charge in [-0.15, -0.1) is 22.7 Å². The zero-order chi connectivity index (χ0) is 20.7. The van der Waals surface area contributed by atoms with E-state index >= 15 is 0 Å². The maximum absolute atomic E-state index is 13.6. The molecule has 5 rings (SSSR count). The minimum absolute atomic E-state index is 0.305. The number of rotatable bonds is 3. The zero-order valence-corrected chi connectivity index (χ0v) is 18.8. The van der Waals surface area contributed by atoms with E-state index in [9.17, 15) is 9.59 Å². The van der Waals surface area contributed by atoms with Gasteiger partial charge in [-0.25, -0.2) is 9.88 Å². The molecule has 0 atom stereocenters. The number of anilines is 1. The van der Waals surface area contributed by atoms with Crippen LogP contribution in [0.15, 0.2) is 30.5 Å². The molecule has 154 valence electrons. The fraction of sp³-hybridized carbons (Fsp3) is 0.348. The third-order valence-corrected chi connectivity index (χ3v) is 8.44. The maximum atomic E-state index is 13.6. The molecule has 7 heteroatoms. The van der Waals surface area contributed by atoms with Crippen molar-refractivity contribution in [2.45, 2.75) is 51.4 Å². The Morgan fingerprint density at radius 3 is 1.83 bits per heavy atom. The van der Waals surface area contributed by atoms with Gasteiger partial charge in [0.05, 0.1) is 14.8 Å². The molecule has 0 aromatic carbocycles. The minimum atomic E-state index is -0.305. The summed E-state index contributed by atoms with van der Waals surface area (Å²) in [6.45, 7) is 0. The lowest BCUT2D eigenvalue weighted by atomic mass is 9.99. The molecule has 0 bridgehead atoms. The minimum Gasteiger partial charge on any atom is -0.267 e. The molecule has 0 unspecified atom stereocenters. The molecule has 0 saturated heterocycles. The van der Waals surface area contributed by atoms with Crippen molar-refractivity contribution in [3.63, 3.8) is 0 Å². The average molecular weight is 457 g/mol. The number of carbonyl (C=O) groups excluding carboxylic acids is 2. The summed E-state index contributed by atoms with van der Waals surface area (Å²) in [6.07, 6.45) is 10.1. The molecule has 0 aliphatic heterocycles. The first-order valence-corrected chi connectivity index (χ1v) is 12.3. The van der Waals surface area contributed by atoms with Crippen molar-refractivity contribution in [1.29, 1.82) is 0 Å². The second kappa shape index (κ2) is 8.25. The van der Waals surface area contributed by atoms with Crippen LogP contribution >= 0.6 is 34.3 Å². The number of imide groups is 1. The predicted octanol–water partition coefficient (Wildman–Crippen LogP) is 6.10. The molecular formula is C23H21ClN2O2S2. The summed E-state index contributed by atoms with van der Waals surface area (Å²) in [5.74, 6) is -0.298. The normalized spacial score (nSPS) is 15.4. The predicted molar refractivity (Wildman–Crippen MR) is 122 cm³/mol. The first-order chi connectivity index (χ1) is 14.6. The highest BCUT2D eigenvalue weighted by Gasteiger charge is 2.31. The number of aromatic nitrogens is 1. The number of pyridine rings is 1. The first kappa shape index (κ1) is 19.9. The van der Waals surface area contributed by atoms with Crippen molar-refractivity contribution in [2.24, 2.45) is 0 Å². The van der Waals surface area contributed by atoms with Crippen LogP contribution in [-0.2, 0) is 25.7 Å². The van der Waals surface area contributed by atoms with Crippen LogP contribution in [0.4, 0.5) is 5.82 Å². The molecule has 0 radical (unpaired) electrons. The van der Waals surface area contributed by atoms with Gasteiger partial charge in [0.25, 0.3) is 11.8 Å². The van der Waals surface area contributed by atoms with Crippen LogP contribution in [0.2, 0.25) is 5.02 Å². The lowest BCUT2D eigenvalue weighted by molar-refractivity contribution is 0.0901. The third kappa shape index (κ3) is 3.72. The van der Waals surface area contributed by atoms with Crippen LogP contribution in [0.1, 0.15) is 65.9 Å². The number of amides is 2. The SMILES string of the molecule is O=C(c1cc2c(s1)CCCC2)N(C(=O)c1cc2c(s1)CCCC2)c1ccc(Cl)cn1. The molecule has 0 saturated carbocycles. The van der Waals surface area contributed by atoms with Gasteiger partial charge in [0, 0.05) is 16.0 Å². The molecule has 2 aliphatic rings. The van der Waals surface area contributed by atoms with E-state index in [1.54, 1.807) is 12.1 Å². The number of hydrogen-bond donors (Lipinski definition) is 0. The summed E-state index contributed by atoms with van der Waals surface area (Å²) in [4.78, 5) is 36.4. The van der Waals surface area contributed by atoms with Crippen LogP contribution in [0.25, 0.3) is 0 Å². The molecule has 2 amide bonds. The van der Waals surface area contributed by atoms with Crippen molar-refractivity contribution in [2.75, 3.05) is 4.90 Å². The Kier molecular flexibility index (Phi) is 5.48. The summed E-state index contributed by atoms with van der Waals surface area (Å²) in [5.41, 5.74) is 2.50. The van der Waals surface area contributed by atoms with Crippen molar-refractivity contribution in [1.82, 2.24) is 4.98 Å². The van der Waals surface area contributed by atoms with Crippen molar-refractivity contribution < 1.29 is 9.59 Å². The Hall–Kier alpha value is -2.02. The molecule has 0 fully saturated rings. The second-order valence-electron chi connectivity index (χ2n) is 7.81. The van der Waals surface area contributed by atoms with Crippen molar-refractivity contribution in [3.8, 4) is 0 Å². The Bertz CT molecular complexity index is 1000. The fourth-order valence-corrected chi connectivity index (χ4v) is 6.69. The van der Waals surface area contributed by atoms with E-state index in [1.165, 1.54) is 54.7 Å². The van der Waals surface area contributed by atoms with Crippen LogP contribution in [0.3, 0.4) is 0 Å². The monoisotopic (exact) mass is 456 g/mol. The maximum Gasteiger partial charge on any atom is 0.276 e. The smallest absolute Gasteiger partial charge is 0.267 e. The number of aryl methyl sites for hydroxylation is 4. The van der Waals surface area contributed by atoms with Crippen LogP contribution in [-0.4, -0.2) is 16.8 Å². The van der Waals surface area contributed by atoms with E-state index in [2.05, 4.69) is 4.98 Å². The highest BCUT2D eigenvalue weighted by Crippen LogP contribution is 2.34. The average Bonchev–Trinajstić information content (AvgIpc) is 3.39. The third-order valence-electron chi connectivity index (χ3n) is 5.76. The topological polar surface area (TPSA) is 50.3 Å². The highest BCUT2D eigenvalue weighted by molar-refractivity contribution is 7.15. The van der Waals surface area contributed by atoms with Crippen LogP contribution < -0.4 is 4.90 Å². The zero-order valence-electron chi connectivity index (χ0n) is 16.4. The molecule has 3 aromatic rings. The summed E-state index contributed by atoms with van der Waals surface area (Å²) in [5, 5.41) is 0.469. The number of nitrogens with zero attached hydrogens (tertiary/aromatic N) is 2. The lowest BCUT2D eigenvalue weighted by Gasteiger charge is -2.18. The Balaban J connectivity index is 1.54. The van der Waals surface area contributed by atoms with Gasteiger partial charge in [0.1, 0.15) is 5.82 Å². The summed E-state index contributed by atoms with van der Waals surface area (Å²) in [7, 11) is 0. The van der Waals surface area contributed by atoms with Crippen molar-refractivity contribution >= 4 is 51.9 Å². The summed E-state index contributed by atoms with van der Waals surface area (Å²) < 4.78 is 0. The molecule has 30 heavy (non-hydrogen) atoms. The van der Waals surface area contributed by atoms with E-state index in [0.29, 0.717) is 20.6 Å². The largest absolute Gasteiger partial charge is 0.276 e. The number of hydrogen-bond acceptors (Lipinski definition) is 5. The molecular weight excluding hydrogens is 436 g/mol. The Morgan fingerprint density at radius 2 is 1.37 bits per heavy atom. The number of carbonyl (C=O) groups is 2. The van der Waals surface area contributed by atoms with Gasteiger partial charge < -0.3 is 0 Å². The van der Waals surface area contributed by atoms with E-state index in [4.69, 9.17) is 11.6 Å². The van der Waals surface area contributed by atoms with E-state index in [0.717, 1.165) is 51.4 Å². The molecule has 0 spiro atoms. The second-order valence-corrected chi connectivity index (χ2v) is 10.5. The first-order valence-electron chi connectivity index (χ1n) is 10.3. The van der Waals surface area contributed by atoms with Gasteiger partial charge in [-0.05, 0) is 86.8 Å². The number of halogens is 1. The number of thiophene rings is 2. The van der Waals surface area contributed by atoms with Gasteiger partial charge in [0.15, 0.2) is 0 Å². The van der Waals surface area contributed by atoms with E-state index in [1.807, 2.05) is 12.1 Å². The number of fused-ring (bicyclic) bond motifs is 2. The van der Waals surface area contributed by atoms with Gasteiger partial charge in [0.2, 0.25) is 0 Å². The van der Waals surface area contributed by atoms with Gasteiger partial charge >= 0.3 is 0 Å². The van der Waals surface area contributed by atoms with Gasteiger partial charge in [-0.2, -0.15) is 0 Å². The highest BCUT2D eigenvalue weighted by atomic mass is 35.5. The molecule has 2 aliphatic carbocycles. The quantitative estimate of drug-likeness (QED) is 0.447. The summed E-state index contributed by atoms with van der Waals surface area (Å²) in [6, 6.07) is 7.24. The molecule has 3 heterocycles. The molecule has 3 aromatic heterocycles. The standard InChI is InChI=1S/C23H21ClN2O2S2/c24-16-9-10-21(25-13-16)26(22(27)19-11-14-5-1-3-7-17(14)29-19)23(28)20-12-15-6-2-4-8-18(15)30-20/h9-13H,1-8H2. The summed E-state index contributed by atoms with van der Waals surface area (Å²) >= 11 is 9.03. The van der Waals surface area contributed by atoms with E-state index in [-0.39, 0.29) is 11.8 Å². The Morgan fingerprint density at radius 1 is 0.833 bits per heavy atom. The lowest BCUT2D eigenvalue weighted by Crippen LogP contribution is -2.37.